The van der Waals surface area contributed by atoms with Crippen molar-refractivity contribution in [1.82, 2.24) is 10.6 Å². The van der Waals surface area contributed by atoms with Gasteiger partial charge in [-0.15, -0.1) is 22.7 Å². The first-order chi connectivity index (χ1) is 12.3. The minimum atomic E-state index is -0.0396. The Kier molecular flexibility index (Phi) is 5.53. The van der Waals surface area contributed by atoms with Crippen LogP contribution in [0.5, 0.6) is 0 Å². The van der Waals surface area contributed by atoms with E-state index < -0.39 is 0 Å². The van der Waals surface area contributed by atoms with Gasteiger partial charge in [0.25, 0.3) is 11.8 Å². The zero-order valence-electron chi connectivity index (χ0n) is 15.5. The topological polar surface area (TPSA) is 58.2 Å². The molecule has 6 heteroatoms. The zero-order chi connectivity index (χ0) is 18.8. The quantitative estimate of drug-likeness (QED) is 0.786. The van der Waals surface area contributed by atoms with Crippen LogP contribution in [0.15, 0.2) is 35.0 Å². The lowest BCUT2D eigenvalue weighted by atomic mass is 9.62. The fraction of sp³-hybridized carbons (Fsp3) is 0.500. The molecule has 0 aromatic carbocycles. The predicted octanol–water partition coefficient (Wildman–Crippen LogP) is 4.55. The number of hydrogen-bond acceptors (Lipinski definition) is 4. The fourth-order valence-corrected chi connectivity index (χ4v) is 5.59. The third-order valence-electron chi connectivity index (χ3n) is 4.94. The van der Waals surface area contributed by atoms with Crippen LogP contribution in [0.3, 0.4) is 0 Å². The van der Waals surface area contributed by atoms with E-state index in [9.17, 15) is 9.59 Å². The molecule has 2 amide bonds. The smallest absolute Gasteiger partial charge is 0.261 e. The molecule has 0 bridgehead atoms. The fourth-order valence-electron chi connectivity index (χ4n) is 4.32. The van der Waals surface area contributed by atoms with Crippen molar-refractivity contribution in [1.29, 1.82) is 0 Å². The van der Waals surface area contributed by atoms with Crippen LogP contribution in [0, 0.1) is 10.8 Å². The Morgan fingerprint density at radius 3 is 2.23 bits per heavy atom. The second kappa shape index (κ2) is 7.53. The second-order valence-corrected chi connectivity index (χ2v) is 10.3. The third-order valence-corrected chi connectivity index (χ3v) is 6.68. The first kappa shape index (κ1) is 19.1. The van der Waals surface area contributed by atoms with E-state index in [4.69, 9.17) is 0 Å². The molecule has 2 N–H and O–H groups in total. The van der Waals surface area contributed by atoms with E-state index >= 15 is 0 Å². The molecule has 26 heavy (non-hydrogen) atoms. The Balaban J connectivity index is 1.64. The van der Waals surface area contributed by atoms with E-state index in [1.165, 1.54) is 22.7 Å². The number of carbonyl (C=O) groups excluding carboxylic acids is 2. The summed E-state index contributed by atoms with van der Waals surface area (Å²) in [6, 6.07) is 7.61. The molecule has 0 radical (unpaired) electrons. The second-order valence-electron chi connectivity index (χ2n) is 8.37. The molecule has 2 atom stereocenters. The van der Waals surface area contributed by atoms with Gasteiger partial charge in [-0.3, -0.25) is 9.59 Å². The zero-order valence-corrected chi connectivity index (χ0v) is 17.1. The highest BCUT2D eigenvalue weighted by atomic mass is 32.1. The van der Waals surface area contributed by atoms with E-state index in [1.807, 2.05) is 35.0 Å². The Labute approximate surface area is 163 Å². The van der Waals surface area contributed by atoms with Crippen molar-refractivity contribution in [3.05, 3.63) is 44.8 Å². The van der Waals surface area contributed by atoms with Crippen molar-refractivity contribution in [2.24, 2.45) is 10.8 Å². The van der Waals surface area contributed by atoms with Gasteiger partial charge in [0.2, 0.25) is 0 Å². The Hall–Kier alpha value is -1.66. The molecule has 0 saturated heterocycles. The van der Waals surface area contributed by atoms with Crippen LogP contribution in [-0.2, 0) is 0 Å². The SMILES string of the molecule is CC1(C)C[C@H](NC(=O)c2cccs2)C[C@@](C)(CNC(=O)c2cccs2)C1. The van der Waals surface area contributed by atoms with Gasteiger partial charge in [0, 0.05) is 12.6 Å². The molecule has 140 valence electrons. The van der Waals surface area contributed by atoms with Gasteiger partial charge in [0.15, 0.2) is 0 Å². The van der Waals surface area contributed by atoms with Gasteiger partial charge in [-0.1, -0.05) is 32.9 Å². The molecule has 1 fully saturated rings. The summed E-state index contributed by atoms with van der Waals surface area (Å²) >= 11 is 2.92. The highest BCUT2D eigenvalue weighted by molar-refractivity contribution is 7.12. The van der Waals surface area contributed by atoms with Gasteiger partial charge in [-0.05, 0) is 53.0 Å². The predicted molar refractivity (Wildman–Crippen MR) is 108 cm³/mol. The molecule has 0 aliphatic heterocycles. The van der Waals surface area contributed by atoms with Gasteiger partial charge < -0.3 is 10.6 Å². The normalized spacial score (nSPS) is 24.8. The number of carbonyl (C=O) groups is 2. The summed E-state index contributed by atoms with van der Waals surface area (Å²) in [5.74, 6) is -0.00329. The van der Waals surface area contributed by atoms with Crippen LogP contribution < -0.4 is 10.6 Å². The highest BCUT2D eigenvalue weighted by Gasteiger charge is 2.42. The third kappa shape index (κ3) is 4.74. The van der Waals surface area contributed by atoms with Crippen molar-refractivity contribution >= 4 is 34.5 Å². The molecule has 0 spiro atoms. The van der Waals surface area contributed by atoms with Crippen molar-refractivity contribution in [3.8, 4) is 0 Å². The summed E-state index contributed by atoms with van der Waals surface area (Å²) in [5, 5.41) is 10.1. The largest absolute Gasteiger partial charge is 0.351 e. The van der Waals surface area contributed by atoms with E-state index in [0.29, 0.717) is 6.54 Å². The molecule has 1 aliphatic carbocycles. The van der Waals surface area contributed by atoms with Crippen molar-refractivity contribution in [2.75, 3.05) is 6.54 Å². The van der Waals surface area contributed by atoms with Crippen LogP contribution in [0.1, 0.15) is 59.4 Å². The number of thiophene rings is 2. The lowest BCUT2D eigenvalue weighted by Gasteiger charge is -2.47. The van der Waals surface area contributed by atoms with Gasteiger partial charge in [-0.25, -0.2) is 0 Å². The van der Waals surface area contributed by atoms with E-state index in [1.54, 1.807) is 0 Å². The van der Waals surface area contributed by atoms with Crippen molar-refractivity contribution in [3.63, 3.8) is 0 Å². The summed E-state index contributed by atoms with van der Waals surface area (Å²) in [4.78, 5) is 26.2. The van der Waals surface area contributed by atoms with Crippen molar-refractivity contribution in [2.45, 2.75) is 46.1 Å². The Morgan fingerprint density at radius 2 is 1.65 bits per heavy atom. The lowest BCUT2D eigenvalue weighted by molar-refractivity contribution is 0.0594. The molecule has 2 aromatic rings. The molecule has 4 nitrogen and oxygen atoms in total. The van der Waals surface area contributed by atoms with Crippen LogP contribution in [0.4, 0.5) is 0 Å². The van der Waals surface area contributed by atoms with Gasteiger partial charge in [0.1, 0.15) is 0 Å². The molecule has 2 heterocycles. The van der Waals surface area contributed by atoms with Crippen LogP contribution in [0.2, 0.25) is 0 Å². The van der Waals surface area contributed by atoms with Gasteiger partial charge in [-0.2, -0.15) is 0 Å². The monoisotopic (exact) mass is 390 g/mol. The number of hydrogen-bond donors (Lipinski definition) is 2. The van der Waals surface area contributed by atoms with Gasteiger partial charge in [0.05, 0.1) is 9.75 Å². The summed E-state index contributed by atoms with van der Waals surface area (Å²) in [7, 11) is 0. The standard InChI is InChI=1S/C20H26N2O2S2/c1-19(2)10-14(22-18(24)16-7-5-9-26-16)11-20(3,12-19)13-21-17(23)15-6-4-8-25-15/h4-9,14H,10-13H2,1-3H3,(H,21,23)(H,22,24)/t14-,20+/m0/s1. The molecule has 1 aliphatic rings. The lowest BCUT2D eigenvalue weighted by Crippen LogP contribution is -2.50. The number of rotatable bonds is 5. The molecule has 3 rings (SSSR count). The van der Waals surface area contributed by atoms with Crippen molar-refractivity contribution < 1.29 is 9.59 Å². The molecular weight excluding hydrogens is 364 g/mol. The first-order valence-electron chi connectivity index (χ1n) is 8.93. The molecule has 0 unspecified atom stereocenters. The van der Waals surface area contributed by atoms with E-state index in [0.717, 1.165) is 29.0 Å². The van der Waals surface area contributed by atoms with Crippen LogP contribution in [-0.4, -0.2) is 24.4 Å². The minimum Gasteiger partial charge on any atom is -0.351 e. The Bertz CT molecular complexity index is 753. The minimum absolute atomic E-state index is 0.00710. The summed E-state index contributed by atoms with van der Waals surface area (Å²) < 4.78 is 0. The Morgan fingerprint density at radius 1 is 1.04 bits per heavy atom. The molecule has 2 aromatic heterocycles. The van der Waals surface area contributed by atoms with Gasteiger partial charge >= 0.3 is 0 Å². The van der Waals surface area contributed by atoms with E-state index in [-0.39, 0.29) is 28.7 Å². The van der Waals surface area contributed by atoms with Crippen LogP contribution >= 0.6 is 22.7 Å². The van der Waals surface area contributed by atoms with E-state index in [2.05, 4.69) is 31.4 Å². The maximum atomic E-state index is 12.4. The van der Waals surface area contributed by atoms with Crippen LogP contribution in [0.25, 0.3) is 0 Å². The first-order valence-corrected chi connectivity index (χ1v) is 10.7. The molecule has 1 saturated carbocycles. The maximum absolute atomic E-state index is 12.4. The number of amides is 2. The number of nitrogens with one attached hydrogen (secondary N) is 2. The summed E-state index contributed by atoms with van der Waals surface area (Å²) in [6.45, 7) is 7.33. The maximum Gasteiger partial charge on any atom is 0.261 e. The average Bonchev–Trinajstić information content (AvgIpc) is 3.23. The highest BCUT2D eigenvalue weighted by Crippen LogP contribution is 2.45. The molecular formula is C20H26N2O2S2. The summed E-state index contributed by atoms with van der Waals surface area (Å²) in [6.07, 6.45) is 2.85. The summed E-state index contributed by atoms with van der Waals surface area (Å²) in [5.41, 5.74) is 0.0795. The average molecular weight is 391 g/mol.